The summed E-state index contributed by atoms with van der Waals surface area (Å²) in [5, 5.41) is 26.2. The number of aromatic hydroxyl groups is 1. The lowest BCUT2D eigenvalue weighted by Crippen LogP contribution is -2.29. The molecular formula is C19H15N5O4S. The second-order valence-electron chi connectivity index (χ2n) is 6.18. The van der Waals surface area contributed by atoms with E-state index in [1.54, 1.807) is 10.9 Å². The van der Waals surface area contributed by atoms with E-state index >= 15 is 0 Å². The van der Waals surface area contributed by atoms with Crippen molar-refractivity contribution in [2.45, 2.75) is 6.54 Å². The number of rotatable bonds is 6. The number of carboxylic acid groups (broad SMARTS) is 1. The van der Waals surface area contributed by atoms with Crippen LogP contribution in [0.2, 0.25) is 0 Å². The van der Waals surface area contributed by atoms with Crippen LogP contribution < -0.4 is 5.32 Å². The fourth-order valence-electron chi connectivity index (χ4n) is 2.74. The van der Waals surface area contributed by atoms with Crippen molar-refractivity contribution in [3.63, 3.8) is 0 Å². The van der Waals surface area contributed by atoms with Gasteiger partial charge in [0.25, 0.3) is 5.91 Å². The summed E-state index contributed by atoms with van der Waals surface area (Å²) in [5.41, 5.74) is 2.09. The Balaban J connectivity index is 1.60. The third-order valence-corrected chi connectivity index (χ3v) is 5.22. The molecule has 9 nitrogen and oxygen atoms in total. The maximum absolute atomic E-state index is 12.0. The Kier molecular flexibility index (Phi) is 4.92. The normalized spacial score (nSPS) is 10.9. The monoisotopic (exact) mass is 409 g/mol. The summed E-state index contributed by atoms with van der Waals surface area (Å²) in [6.07, 6.45) is 4.92. The average molecular weight is 409 g/mol. The van der Waals surface area contributed by atoms with Gasteiger partial charge in [-0.15, -0.1) is 11.3 Å². The van der Waals surface area contributed by atoms with Gasteiger partial charge in [0.15, 0.2) is 11.4 Å². The van der Waals surface area contributed by atoms with Crippen LogP contribution in [0, 0.1) is 0 Å². The van der Waals surface area contributed by atoms with Gasteiger partial charge in [-0.05, 0) is 5.56 Å². The van der Waals surface area contributed by atoms with Gasteiger partial charge in [0.2, 0.25) is 0 Å². The first-order chi connectivity index (χ1) is 14.0. The van der Waals surface area contributed by atoms with E-state index in [0.717, 1.165) is 11.1 Å². The van der Waals surface area contributed by atoms with Crippen molar-refractivity contribution in [2.75, 3.05) is 6.54 Å². The van der Waals surface area contributed by atoms with Gasteiger partial charge in [0.1, 0.15) is 21.8 Å². The number of thiazole rings is 1. The first-order valence-electron chi connectivity index (χ1n) is 8.56. The Morgan fingerprint density at radius 2 is 1.97 bits per heavy atom. The van der Waals surface area contributed by atoms with E-state index in [9.17, 15) is 14.7 Å². The molecule has 0 atom stereocenters. The van der Waals surface area contributed by atoms with Crippen LogP contribution >= 0.6 is 11.3 Å². The lowest BCUT2D eigenvalue weighted by molar-refractivity contribution is -0.135. The molecule has 0 aliphatic heterocycles. The molecule has 3 N–H and O–H groups in total. The largest absolute Gasteiger partial charge is 0.504 e. The predicted octanol–water partition coefficient (Wildman–Crippen LogP) is 2.12. The molecule has 0 aliphatic carbocycles. The third-order valence-electron chi connectivity index (χ3n) is 4.09. The van der Waals surface area contributed by atoms with E-state index in [0.29, 0.717) is 21.8 Å². The van der Waals surface area contributed by atoms with E-state index in [1.807, 2.05) is 36.5 Å². The highest BCUT2D eigenvalue weighted by Gasteiger charge is 2.20. The fourth-order valence-corrected chi connectivity index (χ4v) is 3.70. The number of amides is 1. The van der Waals surface area contributed by atoms with Crippen LogP contribution in [0.4, 0.5) is 0 Å². The molecule has 146 valence electrons. The van der Waals surface area contributed by atoms with Gasteiger partial charge < -0.3 is 15.5 Å². The summed E-state index contributed by atoms with van der Waals surface area (Å²) in [6.45, 7) is 0.0545. The van der Waals surface area contributed by atoms with Gasteiger partial charge in [-0.25, -0.2) is 9.97 Å². The zero-order chi connectivity index (χ0) is 20.4. The van der Waals surface area contributed by atoms with E-state index in [4.69, 9.17) is 5.11 Å². The number of nitrogens with one attached hydrogen (secondary N) is 1. The highest BCUT2D eigenvalue weighted by molar-refractivity contribution is 7.22. The molecule has 0 saturated carbocycles. The molecule has 29 heavy (non-hydrogen) atoms. The van der Waals surface area contributed by atoms with E-state index in [-0.39, 0.29) is 11.4 Å². The lowest BCUT2D eigenvalue weighted by Gasteiger charge is -2.03. The average Bonchev–Trinajstić information content (AvgIpc) is 3.34. The van der Waals surface area contributed by atoms with Gasteiger partial charge in [-0.1, -0.05) is 30.3 Å². The van der Waals surface area contributed by atoms with Crippen molar-refractivity contribution in [3.05, 3.63) is 60.2 Å². The number of nitrogens with zero attached hydrogens (tertiary/aromatic N) is 4. The Morgan fingerprint density at radius 1 is 1.17 bits per heavy atom. The van der Waals surface area contributed by atoms with Crippen molar-refractivity contribution in [1.82, 2.24) is 25.1 Å². The molecule has 0 saturated heterocycles. The lowest BCUT2D eigenvalue weighted by atomic mass is 10.2. The predicted molar refractivity (Wildman–Crippen MR) is 106 cm³/mol. The Labute approximate surface area is 168 Å². The summed E-state index contributed by atoms with van der Waals surface area (Å²) in [7, 11) is 0. The molecule has 1 aromatic carbocycles. The van der Waals surface area contributed by atoms with Crippen LogP contribution in [0.5, 0.6) is 5.75 Å². The van der Waals surface area contributed by atoms with Crippen LogP contribution in [0.15, 0.2) is 48.9 Å². The fraction of sp³-hybridized carbons (Fsp3) is 0.105. The Hall–Kier alpha value is -3.79. The maximum Gasteiger partial charge on any atom is 0.322 e. The molecule has 0 fully saturated rings. The van der Waals surface area contributed by atoms with E-state index in [2.05, 4.69) is 20.4 Å². The standard InChI is InChI=1S/C19H15N5O4S/c25-14(26)8-21-18(28)15-16(27)17-13(7-20-15)23-19(29-17)12-6-22-24(10-12)9-11-4-2-1-3-5-11/h1-7,10,27H,8-9H2,(H,21,28)(H,25,26). The molecule has 0 unspecified atom stereocenters. The topological polar surface area (TPSA) is 130 Å². The minimum atomic E-state index is -1.19. The number of hydrogen-bond donors (Lipinski definition) is 3. The molecule has 0 aliphatic rings. The zero-order valence-corrected chi connectivity index (χ0v) is 15.8. The first-order valence-corrected chi connectivity index (χ1v) is 9.38. The van der Waals surface area contributed by atoms with Crippen LogP contribution in [0.1, 0.15) is 16.1 Å². The van der Waals surface area contributed by atoms with Gasteiger partial charge in [0, 0.05) is 11.8 Å². The number of fused-ring (bicyclic) bond motifs is 1. The number of aromatic nitrogens is 4. The van der Waals surface area contributed by atoms with Gasteiger partial charge in [-0.3, -0.25) is 14.3 Å². The summed E-state index contributed by atoms with van der Waals surface area (Å²) in [4.78, 5) is 31.0. The number of aliphatic carboxylic acids is 1. The number of carboxylic acids is 1. The Morgan fingerprint density at radius 3 is 2.72 bits per heavy atom. The van der Waals surface area contributed by atoms with Crippen molar-refractivity contribution in [1.29, 1.82) is 0 Å². The first kappa shape index (κ1) is 18.6. The molecule has 3 aromatic heterocycles. The Bertz CT molecular complexity index is 1200. The maximum atomic E-state index is 12.0. The second kappa shape index (κ2) is 7.68. The van der Waals surface area contributed by atoms with E-state index in [1.165, 1.54) is 17.5 Å². The van der Waals surface area contributed by atoms with Crippen LogP contribution in [-0.2, 0) is 11.3 Å². The number of pyridine rings is 1. The number of hydrogen-bond acceptors (Lipinski definition) is 7. The molecule has 1 amide bonds. The molecule has 10 heteroatoms. The minimum Gasteiger partial charge on any atom is -0.504 e. The zero-order valence-electron chi connectivity index (χ0n) is 14.9. The number of carbonyl (C=O) groups is 2. The van der Waals surface area contributed by atoms with Gasteiger partial charge in [-0.2, -0.15) is 5.10 Å². The summed E-state index contributed by atoms with van der Waals surface area (Å²) >= 11 is 1.20. The molecular weight excluding hydrogens is 394 g/mol. The summed E-state index contributed by atoms with van der Waals surface area (Å²) in [6, 6.07) is 9.91. The number of carbonyl (C=O) groups excluding carboxylic acids is 1. The third kappa shape index (κ3) is 3.92. The molecule has 4 aromatic rings. The van der Waals surface area contributed by atoms with E-state index < -0.39 is 18.4 Å². The molecule has 0 bridgehead atoms. The quantitative estimate of drug-likeness (QED) is 0.445. The van der Waals surface area contributed by atoms with Crippen LogP contribution in [0.3, 0.4) is 0 Å². The molecule has 3 heterocycles. The SMILES string of the molecule is O=C(O)CNC(=O)c1ncc2nc(-c3cnn(Cc4ccccc4)c3)sc2c1O. The highest BCUT2D eigenvalue weighted by Crippen LogP contribution is 2.36. The molecule has 4 rings (SSSR count). The smallest absolute Gasteiger partial charge is 0.322 e. The van der Waals surface area contributed by atoms with Crippen molar-refractivity contribution < 1.29 is 19.8 Å². The summed E-state index contributed by atoms with van der Waals surface area (Å²) < 4.78 is 2.19. The van der Waals surface area contributed by atoms with Gasteiger partial charge >= 0.3 is 5.97 Å². The second-order valence-corrected chi connectivity index (χ2v) is 7.18. The number of benzene rings is 1. The molecule has 0 radical (unpaired) electrons. The highest BCUT2D eigenvalue weighted by atomic mass is 32.1. The van der Waals surface area contributed by atoms with Crippen molar-refractivity contribution in [2.24, 2.45) is 0 Å². The van der Waals surface area contributed by atoms with Crippen LogP contribution in [0.25, 0.3) is 20.8 Å². The molecule has 0 spiro atoms. The van der Waals surface area contributed by atoms with Crippen molar-refractivity contribution in [3.8, 4) is 16.3 Å². The minimum absolute atomic E-state index is 0.242. The van der Waals surface area contributed by atoms with Crippen molar-refractivity contribution >= 4 is 33.4 Å². The summed E-state index contributed by atoms with van der Waals surface area (Å²) in [5.74, 6) is -2.28. The van der Waals surface area contributed by atoms with Crippen LogP contribution in [-0.4, -0.2) is 48.4 Å². The van der Waals surface area contributed by atoms with Gasteiger partial charge in [0.05, 0.1) is 18.9 Å².